The summed E-state index contributed by atoms with van der Waals surface area (Å²) in [5, 5.41) is 12.9. The van der Waals surface area contributed by atoms with Gasteiger partial charge in [0.1, 0.15) is 0 Å². The molecule has 0 bridgehead atoms. The number of piperidine rings is 1. The highest BCUT2D eigenvalue weighted by atomic mass is 32.2. The molecule has 1 aliphatic rings. The predicted octanol–water partition coefficient (Wildman–Crippen LogP) is 1.33. The van der Waals surface area contributed by atoms with Crippen LogP contribution in [0.3, 0.4) is 0 Å². The molecule has 6 heteroatoms. The maximum Gasteiger partial charge on any atom is 0.243 e. The van der Waals surface area contributed by atoms with Crippen molar-refractivity contribution in [3.8, 4) is 0 Å². The van der Waals surface area contributed by atoms with Crippen LogP contribution >= 0.6 is 0 Å². The Labute approximate surface area is 127 Å². The zero-order chi connectivity index (χ0) is 15.3. The van der Waals surface area contributed by atoms with Gasteiger partial charge in [0, 0.05) is 19.6 Å². The molecule has 1 saturated heterocycles. The lowest BCUT2D eigenvalue weighted by Gasteiger charge is -2.29. The average molecular weight is 312 g/mol. The molecule has 1 heterocycles. The Bertz CT molecular complexity index is 543. The average Bonchev–Trinajstić information content (AvgIpc) is 2.48. The molecule has 21 heavy (non-hydrogen) atoms. The Hall–Kier alpha value is -0.950. The van der Waals surface area contributed by atoms with Gasteiger partial charge in [0.05, 0.1) is 11.0 Å². The summed E-state index contributed by atoms with van der Waals surface area (Å²) in [4.78, 5) is 0.302. The van der Waals surface area contributed by atoms with E-state index in [2.05, 4.69) is 12.2 Å². The van der Waals surface area contributed by atoms with Crippen LogP contribution < -0.4 is 5.32 Å². The van der Waals surface area contributed by atoms with Crippen LogP contribution in [-0.4, -0.2) is 43.6 Å². The van der Waals surface area contributed by atoms with Crippen molar-refractivity contribution in [3.05, 3.63) is 29.8 Å². The first-order valence-corrected chi connectivity index (χ1v) is 8.96. The minimum atomic E-state index is -3.48. The molecule has 1 aromatic rings. The van der Waals surface area contributed by atoms with Crippen LogP contribution in [0.25, 0.3) is 0 Å². The van der Waals surface area contributed by atoms with Gasteiger partial charge in [-0.1, -0.05) is 19.1 Å². The van der Waals surface area contributed by atoms with E-state index in [0.29, 0.717) is 24.3 Å². The molecule has 0 spiro atoms. The van der Waals surface area contributed by atoms with Crippen molar-refractivity contribution in [2.75, 3.05) is 19.6 Å². The topological polar surface area (TPSA) is 69.6 Å². The molecule has 1 aromatic carbocycles. The molecule has 0 radical (unpaired) electrons. The number of rotatable bonds is 6. The SMILES string of the molecule is CCCNCc1ccc(S(=O)(=O)N2CCCC(O)C2)cc1. The fourth-order valence-electron chi connectivity index (χ4n) is 2.48. The Balaban J connectivity index is 2.06. The summed E-state index contributed by atoms with van der Waals surface area (Å²) < 4.78 is 26.4. The molecular weight excluding hydrogens is 288 g/mol. The van der Waals surface area contributed by atoms with Crippen LogP contribution in [0.15, 0.2) is 29.2 Å². The molecule has 0 aromatic heterocycles. The number of hydrogen-bond acceptors (Lipinski definition) is 4. The first kappa shape index (κ1) is 16.4. The standard InChI is InChI=1S/C15H24N2O3S/c1-2-9-16-11-13-5-7-15(8-6-13)21(19,20)17-10-3-4-14(18)12-17/h5-8,14,16,18H,2-4,9-12H2,1H3. The Kier molecular flexibility index (Phi) is 5.75. The fourth-order valence-corrected chi connectivity index (χ4v) is 3.99. The van der Waals surface area contributed by atoms with E-state index in [1.54, 1.807) is 12.1 Å². The summed E-state index contributed by atoms with van der Waals surface area (Å²) in [5.41, 5.74) is 1.07. The van der Waals surface area contributed by atoms with Gasteiger partial charge < -0.3 is 10.4 Å². The van der Waals surface area contributed by atoms with E-state index in [1.165, 1.54) is 4.31 Å². The number of hydrogen-bond donors (Lipinski definition) is 2. The molecule has 118 valence electrons. The van der Waals surface area contributed by atoms with Gasteiger partial charge in [-0.2, -0.15) is 4.31 Å². The molecule has 2 N–H and O–H groups in total. The number of nitrogens with one attached hydrogen (secondary N) is 1. The van der Waals surface area contributed by atoms with Crippen molar-refractivity contribution in [1.82, 2.24) is 9.62 Å². The second-order valence-electron chi connectivity index (χ2n) is 5.48. The summed E-state index contributed by atoms with van der Waals surface area (Å²) in [6, 6.07) is 6.99. The smallest absolute Gasteiger partial charge is 0.243 e. The minimum absolute atomic E-state index is 0.197. The summed E-state index contributed by atoms with van der Waals surface area (Å²) in [6.07, 6.45) is 1.91. The second-order valence-corrected chi connectivity index (χ2v) is 7.42. The molecule has 5 nitrogen and oxygen atoms in total. The van der Waals surface area contributed by atoms with Gasteiger partial charge in [-0.3, -0.25) is 0 Å². The number of benzene rings is 1. The van der Waals surface area contributed by atoms with Crippen LogP contribution in [0.5, 0.6) is 0 Å². The molecular formula is C15H24N2O3S. The van der Waals surface area contributed by atoms with E-state index < -0.39 is 16.1 Å². The van der Waals surface area contributed by atoms with Crippen molar-refractivity contribution in [2.45, 2.75) is 43.7 Å². The van der Waals surface area contributed by atoms with Crippen molar-refractivity contribution in [3.63, 3.8) is 0 Å². The molecule has 0 aliphatic carbocycles. The molecule has 0 amide bonds. The van der Waals surface area contributed by atoms with Gasteiger partial charge in [-0.15, -0.1) is 0 Å². The normalized spacial score (nSPS) is 20.6. The maximum atomic E-state index is 12.5. The third-order valence-corrected chi connectivity index (χ3v) is 5.56. The molecule has 1 atom stereocenters. The van der Waals surface area contributed by atoms with Crippen LogP contribution in [0, 0.1) is 0 Å². The van der Waals surface area contributed by atoms with Crippen molar-refractivity contribution in [1.29, 1.82) is 0 Å². The van der Waals surface area contributed by atoms with Crippen LogP contribution in [-0.2, 0) is 16.6 Å². The number of aliphatic hydroxyl groups is 1. The molecule has 2 rings (SSSR count). The molecule has 1 aliphatic heterocycles. The Morgan fingerprint density at radius 3 is 2.67 bits per heavy atom. The molecule has 0 saturated carbocycles. The Morgan fingerprint density at radius 1 is 1.33 bits per heavy atom. The van der Waals surface area contributed by atoms with Gasteiger partial charge in [0.25, 0.3) is 0 Å². The van der Waals surface area contributed by atoms with Crippen molar-refractivity contribution in [2.24, 2.45) is 0 Å². The van der Waals surface area contributed by atoms with Gasteiger partial charge in [0.2, 0.25) is 10.0 Å². The first-order chi connectivity index (χ1) is 10.0. The minimum Gasteiger partial charge on any atom is -0.392 e. The van der Waals surface area contributed by atoms with E-state index in [4.69, 9.17) is 0 Å². The fraction of sp³-hybridized carbons (Fsp3) is 0.600. The highest BCUT2D eigenvalue weighted by Gasteiger charge is 2.29. The monoisotopic (exact) mass is 312 g/mol. The third-order valence-electron chi connectivity index (χ3n) is 3.68. The number of nitrogens with zero attached hydrogens (tertiary/aromatic N) is 1. The van der Waals surface area contributed by atoms with Gasteiger partial charge in [-0.05, 0) is 43.5 Å². The van der Waals surface area contributed by atoms with E-state index >= 15 is 0 Å². The van der Waals surface area contributed by atoms with Crippen molar-refractivity contribution < 1.29 is 13.5 Å². The van der Waals surface area contributed by atoms with Crippen LogP contribution in [0.2, 0.25) is 0 Å². The highest BCUT2D eigenvalue weighted by Crippen LogP contribution is 2.21. The van der Waals surface area contributed by atoms with E-state index in [0.717, 1.165) is 25.1 Å². The number of aliphatic hydroxyl groups excluding tert-OH is 1. The second kappa shape index (κ2) is 7.35. The highest BCUT2D eigenvalue weighted by molar-refractivity contribution is 7.89. The van der Waals surface area contributed by atoms with Gasteiger partial charge in [-0.25, -0.2) is 8.42 Å². The predicted molar refractivity (Wildman–Crippen MR) is 82.4 cm³/mol. The maximum absolute atomic E-state index is 12.5. The third kappa shape index (κ3) is 4.26. The molecule has 1 unspecified atom stereocenters. The van der Waals surface area contributed by atoms with E-state index in [9.17, 15) is 13.5 Å². The van der Waals surface area contributed by atoms with Gasteiger partial charge >= 0.3 is 0 Å². The van der Waals surface area contributed by atoms with E-state index in [1.807, 2.05) is 12.1 Å². The summed E-state index contributed by atoms with van der Waals surface area (Å²) in [7, 11) is -3.48. The summed E-state index contributed by atoms with van der Waals surface area (Å²) in [6.45, 7) is 4.49. The molecule has 1 fully saturated rings. The largest absolute Gasteiger partial charge is 0.392 e. The number of sulfonamides is 1. The van der Waals surface area contributed by atoms with Crippen LogP contribution in [0.1, 0.15) is 31.7 Å². The lowest BCUT2D eigenvalue weighted by atomic mass is 10.1. The zero-order valence-corrected chi connectivity index (χ0v) is 13.3. The zero-order valence-electron chi connectivity index (χ0n) is 12.5. The van der Waals surface area contributed by atoms with E-state index in [-0.39, 0.29) is 6.54 Å². The van der Waals surface area contributed by atoms with Crippen LogP contribution in [0.4, 0.5) is 0 Å². The van der Waals surface area contributed by atoms with Crippen molar-refractivity contribution >= 4 is 10.0 Å². The first-order valence-electron chi connectivity index (χ1n) is 7.52. The number of β-amino-alcohol motifs (C(OH)–C–C–N with tert-alkyl or cyclic N) is 1. The quantitative estimate of drug-likeness (QED) is 0.778. The lowest BCUT2D eigenvalue weighted by Crippen LogP contribution is -2.42. The van der Waals surface area contributed by atoms with Gasteiger partial charge in [0.15, 0.2) is 0 Å². The summed E-state index contributed by atoms with van der Waals surface area (Å²) in [5.74, 6) is 0. The summed E-state index contributed by atoms with van der Waals surface area (Å²) >= 11 is 0. The lowest BCUT2D eigenvalue weighted by molar-refractivity contribution is 0.108. The Morgan fingerprint density at radius 2 is 2.05 bits per heavy atom.